The highest BCUT2D eigenvalue weighted by Gasteiger charge is 2.27. The second-order valence-electron chi connectivity index (χ2n) is 4.71. The highest BCUT2D eigenvalue weighted by molar-refractivity contribution is 5.89. The van der Waals surface area contributed by atoms with Gasteiger partial charge in [-0.1, -0.05) is 36.4 Å². The number of hydrogen-bond acceptors (Lipinski definition) is 4. The first kappa shape index (κ1) is 13.8. The SMILES string of the molecule is COC(=O)C1=CCN(Cc2ccccc2)CC1CO. The zero-order valence-electron chi connectivity index (χ0n) is 11.1. The van der Waals surface area contributed by atoms with Gasteiger partial charge in [-0.3, -0.25) is 4.90 Å². The Kier molecular flexibility index (Phi) is 4.71. The van der Waals surface area contributed by atoms with E-state index >= 15 is 0 Å². The highest BCUT2D eigenvalue weighted by Crippen LogP contribution is 2.20. The van der Waals surface area contributed by atoms with Crippen LogP contribution in [0.15, 0.2) is 42.0 Å². The summed E-state index contributed by atoms with van der Waals surface area (Å²) in [6, 6.07) is 10.2. The molecule has 1 aliphatic rings. The smallest absolute Gasteiger partial charge is 0.333 e. The number of rotatable bonds is 4. The minimum Gasteiger partial charge on any atom is -0.466 e. The molecule has 1 unspecified atom stereocenters. The minimum atomic E-state index is -0.335. The molecule has 1 N–H and O–H groups in total. The molecular formula is C15H19NO3. The molecule has 0 bridgehead atoms. The van der Waals surface area contributed by atoms with Crippen LogP contribution in [0, 0.1) is 5.92 Å². The molecule has 0 amide bonds. The molecule has 1 atom stereocenters. The first-order chi connectivity index (χ1) is 9.24. The standard InChI is InChI=1S/C15H19NO3/c1-19-15(18)14-7-8-16(10-13(14)11-17)9-12-5-3-2-4-6-12/h2-7,13,17H,8-11H2,1H3. The molecular weight excluding hydrogens is 242 g/mol. The number of esters is 1. The van der Waals surface area contributed by atoms with Crippen molar-refractivity contribution in [3.05, 3.63) is 47.5 Å². The molecule has 102 valence electrons. The number of benzene rings is 1. The number of nitrogens with zero attached hydrogens (tertiary/aromatic N) is 1. The van der Waals surface area contributed by atoms with E-state index in [2.05, 4.69) is 17.0 Å². The molecule has 2 rings (SSSR count). The second kappa shape index (κ2) is 6.50. The summed E-state index contributed by atoms with van der Waals surface area (Å²) in [6.45, 7) is 2.16. The van der Waals surface area contributed by atoms with Gasteiger partial charge in [0.1, 0.15) is 0 Å². The van der Waals surface area contributed by atoms with Crippen molar-refractivity contribution in [2.24, 2.45) is 5.92 Å². The Morgan fingerprint density at radius 1 is 1.42 bits per heavy atom. The number of carbonyl (C=O) groups is 1. The summed E-state index contributed by atoms with van der Waals surface area (Å²) in [7, 11) is 1.37. The van der Waals surface area contributed by atoms with Crippen LogP contribution in [0.25, 0.3) is 0 Å². The Hall–Kier alpha value is -1.65. The van der Waals surface area contributed by atoms with Crippen molar-refractivity contribution in [2.75, 3.05) is 26.8 Å². The zero-order chi connectivity index (χ0) is 13.7. The van der Waals surface area contributed by atoms with Gasteiger partial charge in [0.2, 0.25) is 0 Å². The average molecular weight is 261 g/mol. The number of ether oxygens (including phenoxy) is 1. The summed E-state index contributed by atoms with van der Waals surface area (Å²) in [5.41, 5.74) is 1.82. The Morgan fingerprint density at radius 3 is 2.79 bits per heavy atom. The van der Waals surface area contributed by atoms with Gasteiger partial charge < -0.3 is 9.84 Å². The number of hydrogen-bond donors (Lipinski definition) is 1. The second-order valence-corrected chi connectivity index (χ2v) is 4.71. The van der Waals surface area contributed by atoms with Gasteiger partial charge in [-0.2, -0.15) is 0 Å². The Bertz CT molecular complexity index is 456. The van der Waals surface area contributed by atoms with E-state index in [1.54, 1.807) is 0 Å². The lowest BCUT2D eigenvalue weighted by Crippen LogP contribution is -2.38. The largest absolute Gasteiger partial charge is 0.466 e. The summed E-state index contributed by atoms with van der Waals surface area (Å²) in [4.78, 5) is 13.8. The quantitative estimate of drug-likeness (QED) is 0.828. The highest BCUT2D eigenvalue weighted by atomic mass is 16.5. The molecule has 19 heavy (non-hydrogen) atoms. The molecule has 1 aromatic rings. The van der Waals surface area contributed by atoms with Gasteiger partial charge in [-0.25, -0.2) is 4.79 Å². The molecule has 4 heteroatoms. The summed E-state index contributed by atoms with van der Waals surface area (Å²) in [6.07, 6.45) is 1.86. The molecule has 1 aromatic carbocycles. The predicted molar refractivity (Wildman–Crippen MR) is 72.4 cm³/mol. The Morgan fingerprint density at radius 2 is 2.16 bits per heavy atom. The molecule has 0 aromatic heterocycles. The molecule has 1 aliphatic heterocycles. The van der Waals surface area contributed by atoms with E-state index in [9.17, 15) is 9.90 Å². The van der Waals surface area contributed by atoms with Gasteiger partial charge in [-0.05, 0) is 5.56 Å². The maximum absolute atomic E-state index is 11.6. The summed E-state index contributed by atoms with van der Waals surface area (Å²) in [5.74, 6) is -0.497. The van der Waals surface area contributed by atoms with Gasteiger partial charge >= 0.3 is 5.97 Å². The lowest BCUT2D eigenvalue weighted by Gasteiger charge is -2.31. The van der Waals surface area contributed by atoms with Gasteiger partial charge in [0.05, 0.1) is 13.7 Å². The molecule has 0 saturated carbocycles. The van der Waals surface area contributed by atoms with E-state index in [4.69, 9.17) is 4.74 Å². The van der Waals surface area contributed by atoms with Crippen molar-refractivity contribution in [1.29, 1.82) is 0 Å². The van der Waals surface area contributed by atoms with E-state index in [1.165, 1.54) is 12.7 Å². The lowest BCUT2D eigenvalue weighted by atomic mass is 9.95. The minimum absolute atomic E-state index is 0.0355. The normalized spacial score (nSPS) is 19.9. The fraction of sp³-hybridized carbons (Fsp3) is 0.400. The van der Waals surface area contributed by atoms with E-state index in [0.717, 1.165) is 6.54 Å². The number of methoxy groups -OCH3 is 1. The first-order valence-electron chi connectivity index (χ1n) is 6.40. The average Bonchev–Trinajstić information content (AvgIpc) is 2.47. The van der Waals surface area contributed by atoms with Gasteiger partial charge in [0.25, 0.3) is 0 Å². The molecule has 1 heterocycles. The van der Waals surface area contributed by atoms with E-state index < -0.39 is 0 Å². The van der Waals surface area contributed by atoms with Crippen molar-refractivity contribution in [2.45, 2.75) is 6.54 Å². The van der Waals surface area contributed by atoms with Crippen molar-refractivity contribution in [1.82, 2.24) is 4.90 Å². The van der Waals surface area contributed by atoms with E-state index in [-0.39, 0.29) is 18.5 Å². The van der Waals surface area contributed by atoms with Crippen LogP contribution in [0.4, 0.5) is 0 Å². The van der Waals surface area contributed by atoms with Crippen molar-refractivity contribution < 1.29 is 14.6 Å². The fourth-order valence-electron chi connectivity index (χ4n) is 2.37. The third-order valence-corrected chi connectivity index (χ3v) is 3.38. The van der Waals surface area contributed by atoms with Crippen molar-refractivity contribution >= 4 is 5.97 Å². The molecule has 4 nitrogen and oxygen atoms in total. The Labute approximate surface area is 113 Å². The molecule has 0 saturated heterocycles. The van der Waals surface area contributed by atoms with Crippen LogP contribution in [0.5, 0.6) is 0 Å². The molecule has 0 aliphatic carbocycles. The number of aliphatic hydroxyl groups excluding tert-OH is 1. The van der Waals surface area contributed by atoms with Crippen LogP contribution in [-0.2, 0) is 16.1 Å². The molecule has 0 radical (unpaired) electrons. The predicted octanol–water partition coefficient (Wildman–Crippen LogP) is 1.21. The lowest BCUT2D eigenvalue weighted by molar-refractivity contribution is -0.137. The topological polar surface area (TPSA) is 49.8 Å². The third-order valence-electron chi connectivity index (χ3n) is 3.38. The fourth-order valence-corrected chi connectivity index (χ4v) is 2.37. The van der Waals surface area contributed by atoms with Crippen LogP contribution in [0.3, 0.4) is 0 Å². The summed E-state index contributed by atoms with van der Waals surface area (Å²) >= 11 is 0. The van der Waals surface area contributed by atoms with Crippen LogP contribution in [-0.4, -0.2) is 42.8 Å². The van der Waals surface area contributed by atoms with Crippen molar-refractivity contribution in [3.63, 3.8) is 0 Å². The van der Waals surface area contributed by atoms with Crippen LogP contribution < -0.4 is 0 Å². The van der Waals surface area contributed by atoms with Crippen LogP contribution in [0.2, 0.25) is 0 Å². The zero-order valence-corrected chi connectivity index (χ0v) is 11.1. The third kappa shape index (κ3) is 3.43. The molecule has 0 spiro atoms. The number of aliphatic hydroxyl groups is 1. The van der Waals surface area contributed by atoms with Gasteiger partial charge in [-0.15, -0.1) is 0 Å². The maximum atomic E-state index is 11.6. The molecule has 0 fully saturated rings. The maximum Gasteiger partial charge on any atom is 0.333 e. The van der Waals surface area contributed by atoms with Crippen molar-refractivity contribution in [3.8, 4) is 0 Å². The van der Waals surface area contributed by atoms with Gasteiger partial charge in [0, 0.05) is 31.1 Å². The van der Waals surface area contributed by atoms with E-state index in [1.807, 2.05) is 24.3 Å². The van der Waals surface area contributed by atoms with Crippen LogP contribution >= 0.6 is 0 Å². The van der Waals surface area contributed by atoms with E-state index in [0.29, 0.717) is 18.7 Å². The monoisotopic (exact) mass is 261 g/mol. The Balaban J connectivity index is 2.04. The first-order valence-corrected chi connectivity index (χ1v) is 6.40. The van der Waals surface area contributed by atoms with Gasteiger partial charge in [0.15, 0.2) is 0 Å². The summed E-state index contributed by atoms with van der Waals surface area (Å²) < 4.78 is 4.74. The van der Waals surface area contributed by atoms with Crippen LogP contribution in [0.1, 0.15) is 5.56 Å². The number of carbonyl (C=O) groups excluding carboxylic acids is 1. The summed E-state index contributed by atoms with van der Waals surface area (Å²) in [5, 5.41) is 9.41.